The number of anilines is 2. The fourth-order valence-electron chi connectivity index (χ4n) is 3.93. The zero-order chi connectivity index (χ0) is 19.0. The first-order valence-corrected chi connectivity index (χ1v) is 9.37. The lowest BCUT2D eigenvalue weighted by atomic mass is 10.1. The zero-order valence-electron chi connectivity index (χ0n) is 15.6. The quantitative estimate of drug-likeness (QED) is 0.902. The predicted octanol–water partition coefficient (Wildman–Crippen LogP) is 3.35. The number of hydrogen-bond donors (Lipinski definition) is 1. The highest BCUT2D eigenvalue weighted by Crippen LogP contribution is 2.30. The van der Waals surface area contributed by atoms with Crippen LogP contribution in [-0.2, 0) is 17.6 Å². The van der Waals surface area contributed by atoms with Crippen molar-refractivity contribution in [2.45, 2.75) is 45.1 Å². The molecule has 1 atom stereocenters. The van der Waals surface area contributed by atoms with E-state index in [1.54, 1.807) is 4.90 Å². The van der Waals surface area contributed by atoms with Gasteiger partial charge < -0.3 is 15.0 Å². The molecule has 6 heteroatoms. The van der Waals surface area contributed by atoms with E-state index in [4.69, 9.17) is 4.74 Å². The molecule has 1 aliphatic carbocycles. The molecule has 2 heterocycles. The van der Waals surface area contributed by atoms with Crippen molar-refractivity contribution in [2.24, 2.45) is 0 Å². The number of pyridine rings is 1. The van der Waals surface area contributed by atoms with E-state index in [1.807, 2.05) is 37.3 Å². The fourth-order valence-corrected chi connectivity index (χ4v) is 3.93. The second-order valence-electron chi connectivity index (χ2n) is 7.16. The lowest BCUT2D eigenvalue weighted by Gasteiger charge is -2.22. The normalized spacial score (nSPS) is 18.5. The van der Waals surface area contributed by atoms with Crippen LogP contribution in [-0.4, -0.2) is 29.9 Å². The van der Waals surface area contributed by atoms with E-state index in [2.05, 4.69) is 10.3 Å². The van der Waals surface area contributed by atoms with Crippen LogP contribution in [0.5, 0.6) is 5.88 Å². The Hall–Kier alpha value is -2.89. The molecule has 0 bridgehead atoms. The molecule has 2 amide bonds. The summed E-state index contributed by atoms with van der Waals surface area (Å²) in [6, 6.07) is 9.46. The van der Waals surface area contributed by atoms with E-state index in [0.29, 0.717) is 23.6 Å². The molecule has 140 valence electrons. The molecule has 1 aromatic heterocycles. The lowest BCUT2D eigenvalue weighted by molar-refractivity contribution is -0.117. The molecule has 2 aliphatic rings. The highest BCUT2D eigenvalue weighted by molar-refractivity contribution is 6.06. The molecule has 1 fully saturated rings. The summed E-state index contributed by atoms with van der Waals surface area (Å²) >= 11 is 0. The summed E-state index contributed by atoms with van der Waals surface area (Å²) < 4.78 is 5.34. The van der Waals surface area contributed by atoms with Gasteiger partial charge in [-0.15, -0.1) is 0 Å². The number of aromatic nitrogens is 1. The first kappa shape index (κ1) is 17.5. The maximum Gasteiger partial charge on any atom is 0.261 e. The van der Waals surface area contributed by atoms with Crippen LogP contribution in [0.1, 0.15) is 47.8 Å². The predicted molar refractivity (Wildman–Crippen MR) is 103 cm³/mol. The third kappa shape index (κ3) is 3.27. The van der Waals surface area contributed by atoms with Crippen LogP contribution in [0.2, 0.25) is 0 Å². The summed E-state index contributed by atoms with van der Waals surface area (Å²) in [4.78, 5) is 31.3. The van der Waals surface area contributed by atoms with Gasteiger partial charge in [0.15, 0.2) is 0 Å². The second-order valence-corrected chi connectivity index (χ2v) is 7.16. The van der Waals surface area contributed by atoms with Gasteiger partial charge in [-0.1, -0.05) is 6.07 Å². The van der Waals surface area contributed by atoms with Crippen LogP contribution in [0.3, 0.4) is 0 Å². The van der Waals surface area contributed by atoms with Gasteiger partial charge in [-0.05, 0) is 62.4 Å². The molecule has 1 N–H and O–H groups in total. The van der Waals surface area contributed by atoms with Gasteiger partial charge in [0.05, 0.1) is 7.11 Å². The Morgan fingerprint density at radius 1 is 1.26 bits per heavy atom. The van der Waals surface area contributed by atoms with Gasteiger partial charge in [0.2, 0.25) is 11.8 Å². The van der Waals surface area contributed by atoms with Gasteiger partial charge in [-0.25, -0.2) is 4.98 Å². The number of amides is 2. The Bertz CT molecular complexity index is 910. The largest absolute Gasteiger partial charge is 0.480 e. The zero-order valence-corrected chi connectivity index (χ0v) is 15.6. The van der Waals surface area contributed by atoms with E-state index < -0.39 is 0 Å². The Labute approximate surface area is 158 Å². The van der Waals surface area contributed by atoms with Gasteiger partial charge >= 0.3 is 0 Å². The highest BCUT2D eigenvalue weighted by Gasteiger charge is 2.29. The van der Waals surface area contributed by atoms with Crippen LogP contribution in [0.15, 0.2) is 30.3 Å². The summed E-state index contributed by atoms with van der Waals surface area (Å²) in [5.74, 6) is 0.218. The van der Waals surface area contributed by atoms with Crippen molar-refractivity contribution in [1.82, 2.24) is 4.98 Å². The van der Waals surface area contributed by atoms with Crippen LogP contribution in [0, 0.1) is 0 Å². The number of carbonyl (C=O) groups excluding carboxylic acids is 2. The third-order valence-corrected chi connectivity index (χ3v) is 5.32. The number of benzene rings is 1. The van der Waals surface area contributed by atoms with Crippen LogP contribution < -0.4 is 15.0 Å². The first-order valence-electron chi connectivity index (χ1n) is 9.37. The standard InChI is InChI=1S/C21H23N3O3/c1-13-9-10-19(25)24(13)16-7-4-6-15(12-16)22-20(26)17-11-14-5-3-8-18(14)23-21(17)27-2/h4,6-7,11-13H,3,5,8-10H2,1-2H3,(H,22,26). The molecule has 1 aromatic carbocycles. The van der Waals surface area contributed by atoms with Crippen LogP contribution in [0.25, 0.3) is 0 Å². The molecular weight excluding hydrogens is 342 g/mol. The number of fused-ring (bicyclic) bond motifs is 1. The van der Waals surface area contributed by atoms with Gasteiger partial charge in [-0.2, -0.15) is 0 Å². The highest BCUT2D eigenvalue weighted by atomic mass is 16.5. The topological polar surface area (TPSA) is 71.5 Å². The number of carbonyl (C=O) groups is 2. The SMILES string of the molecule is COc1nc2c(cc1C(=O)Nc1cccc(N3C(=O)CCC3C)c1)CCC2. The van der Waals surface area contributed by atoms with Crippen LogP contribution >= 0.6 is 0 Å². The molecule has 2 aromatic rings. The number of hydrogen-bond acceptors (Lipinski definition) is 4. The molecular formula is C21H23N3O3. The summed E-state index contributed by atoms with van der Waals surface area (Å²) in [7, 11) is 1.53. The fraction of sp³-hybridized carbons (Fsp3) is 0.381. The van der Waals surface area contributed by atoms with Crippen molar-refractivity contribution in [3.63, 3.8) is 0 Å². The number of methoxy groups -OCH3 is 1. The van der Waals surface area contributed by atoms with Crippen molar-refractivity contribution < 1.29 is 14.3 Å². The molecule has 27 heavy (non-hydrogen) atoms. The molecule has 6 nitrogen and oxygen atoms in total. The van der Waals surface area contributed by atoms with Crippen molar-refractivity contribution in [3.8, 4) is 5.88 Å². The van der Waals surface area contributed by atoms with Gasteiger partial charge in [0, 0.05) is 29.5 Å². The van der Waals surface area contributed by atoms with E-state index >= 15 is 0 Å². The number of nitrogens with zero attached hydrogens (tertiary/aromatic N) is 2. The van der Waals surface area contributed by atoms with Crippen molar-refractivity contribution in [1.29, 1.82) is 0 Å². The molecule has 0 spiro atoms. The minimum absolute atomic E-state index is 0.121. The molecule has 4 rings (SSSR count). The van der Waals surface area contributed by atoms with E-state index in [1.165, 1.54) is 7.11 Å². The van der Waals surface area contributed by atoms with Crippen molar-refractivity contribution in [2.75, 3.05) is 17.3 Å². The van der Waals surface area contributed by atoms with Crippen molar-refractivity contribution >= 4 is 23.2 Å². The number of rotatable bonds is 4. The Morgan fingerprint density at radius 3 is 2.85 bits per heavy atom. The molecule has 0 radical (unpaired) electrons. The average molecular weight is 365 g/mol. The number of nitrogens with one attached hydrogen (secondary N) is 1. The smallest absolute Gasteiger partial charge is 0.261 e. The maximum absolute atomic E-state index is 12.8. The summed E-state index contributed by atoms with van der Waals surface area (Å²) in [5, 5.41) is 2.92. The number of ether oxygens (including phenoxy) is 1. The Kier molecular flexibility index (Phi) is 4.56. The Balaban J connectivity index is 1.59. The lowest BCUT2D eigenvalue weighted by Crippen LogP contribution is -2.30. The third-order valence-electron chi connectivity index (χ3n) is 5.32. The number of aryl methyl sites for hydroxylation is 2. The Morgan fingerprint density at radius 2 is 2.11 bits per heavy atom. The summed E-state index contributed by atoms with van der Waals surface area (Å²) in [5.41, 5.74) is 4.03. The van der Waals surface area contributed by atoms with Crippen molar-refractivity contribution in [3.05, 3.63) is 47.2 Å². The minimum Gasteiger partial charge on any atom is -0.480 e. The second kappa shape index (κ2) is 7.02. The molecule has 1 saturated heterocycles. The van der Waals surface area contributed by atoms with E-state index in [-0.39, 0.29) is 17.9 Å². The summed E-state index contributed by atoms with van der Waals surface area (Å²) in [6.45, 7) is 2.04. The molecule has 0 saturated carbocycles. The van der Waals surface area contributed by atoms with Gasteiger partial charge in [-0.3, -0.25) is 9.59 Å². The molecule has 1 aliphatic heterocycles. The first-order chi connectivity index (χ1) is 13.1. The summed E-state index contributed by atoms with van der Waals surface area (Å²) in [6.07, 6.45) is 4.35. The maximum atomic E-state index is 12.8. The minimum atomic E-state index is -0.257. The van der Waals surface area contributed by atoms with Crippen LogP contribution in [0.4, 0.5) is 11.4 Å². The molecule has 1 unspecified atom stereocenters. The average Bonchev–Trinajstić information content (AvgIpc) is 3.26. The van der Waals surface area contributed by atoms with E-state index in [9.17, 15) is 9.59 Å². The van der Waals surface area contributed by atoms with E-state index in [0.717, 1.165) is 42.6 Å². The van der Waals surface area contributed by atoms with Gasteiger partial charge in [0.1, 0.15) is 5.56 Å². The van der Waals surface area contributed by atoms with Gasteiger partial charge in [0.25, 0.3) is 5.91 Å². The monoisotopic (exact) mass is 365 g/mol.